The number of likely N-dealkylation sites (tertiary alicyclic amines) is 1. The molecule has 1 aliphatic carbocycles. The Bertz CT molecular complexity index is 233. The largest absolute Gasteiger partial charge is 0.316 e. The number of hydrogen-bond donors (Lipinski definition) is 1. The summed E-state index contributed by atoms with van der Waals surface area (Å²) in [7, 11) is 0. The van der Waals surface area contributed by atoms with Crippen LogP contribution in [0.5, 0.6) is 0 Å². The van der Waals surface area contributed by atoms with Crippen molar-refractivity contribution < 1.29 is 0 Å². The number of fused-ring (bicyclic) bond motifs is 1. The van der Waals surface area contributed by atoms with Gasteiger partial charge in [0, 0.05) is 13.1 Å². The van der Waals surface area contributed by atoms with E-state index in [2.05, 4.69) is 10.2 Å². The lowest BCUT2D eigenvalue weighted by Gasteiger charge is -2.42. The van der Waals surface area contributed by atoms with Crippen molar-refractivity contribution in [2.45, 2.75) is 44.9 Å². The molecule has 1 saturated carbocycles. The fraction of sp³-hybridized carbons (Fsp3) is 1.00. The summed E-state index contributed by atoms with van der Waals surface area (Å²) >= 11 is 0. The van der Waals surface area contributed by atoms with Crippen LogP contribution in [0.1, 0.15) is 44.9 Å². The number of nitrogens with one attached hydrogen (secondary N) is 1. The number of rotatable bonds is 2. The van der Waals surface area contributed by atoms with E-state index in [-0.39, 0.29) is 0 Å². The smallest absolute Gasteiger partial charge is 0.00219 e. The molecular formula is C15H28N2. The molecule has 3 fully saturated rings. The lowest BCUT2D eigenvalue weighted by atomic mass is 9.75. The van der Waals surface area contributed by atoms with Gasteiger partial charge >= 0.3 is 0 Å². The van der Waals surface area contributed by atoms with Crippen molar-refractivity contribution in [3.05, 3.63) is 0 Å². The molecule has 0 bridgehead atoms. The fourth-order valence-electron chi connectivity index (χ4n) is 4.29. The third-order valence-electron chi connectivity index (χ3n) is 5.29. The Kier molecular flexibility index (Phi) is 4.02. The van der Waals surface area contributed by atoms with Crippen LogP contribution in [-0.4, -0.2) is 37.6 Å². The first-order valence-corrected chi connectivity index (χ1v) is 7.85. The average molecular weight is 236 g/mol. The van der Waals surface area contributed by atoms with Crippen LogP contribution in [0.4, 0.5) is 0 Å². The summed E-state index contributed by atoms with van der Waals surface area (Å²) in [6.45, 7) is 6.70. The van der Waals surface area contributed by atoms with E-state index in [1.165, 1.54) is 77.7 Å². The zero-order valence-electron chi connectivity index (χ0n) is 11.2. The van der Waals surface area contributed by atoms with Gasteiger partial charge in [-0.25, -0.2) is 0 Å². The average Bonchev–Trinajstić information content (AvgIpc) is 2.40. The normalized spacial score (nSPS) is 39.9. The summed E-state index contributed by atoms with van der Waals surface area (Å²) in [5.74, 6) is 3.07. The molecule has 3 aliphatic rings. The molecule has 1 N–H and O–H groups in total. The Morgan fingerprint density at radius 3 is 2.65 bits per heavy atom. The van der Waals surface area contributed by atoms with Crippen molar-refractivity contribution in [1.29, 1.82) is 0 Å². The van der Waals surface area contributed by atoms with E-state index in [1.807, 2.05) is 0 Å². The van der Waals surface area contributed by atoms with Gasteiger partial charge in [-0.15, -0.1) is 0 Å². The van der Waals surface area contributed by atoms with Crippen LogP contribution in [-0.2, 0) is 0 Å². The maximum absolute atomic E-state index is 3.55. The Morgan fingerprint density at radius 2 is 1.82 bits per heavy atom. The third-order valence-corrected chi connectivity index (χ3v) is 5.29. The summed E-state index contributed by atoms with van der Waals surface area (Å²) in [6.07, 6.45) is 10.4. The Labute approximate surface area is 106 Å². The van der Waals surface area contributed by atoms with Crippen LogP contribution in [0.15, 0.2) is 0 Å². The van der Waals surface area contributed by atoms with Gasteiger partial charge in [0.05, 0.1) is 0 Å². The van der Waals surface area contributed by atoms with Gasteiger partial charge in [-0.05, 0) is 63.1 Å². The van der Waals surface area contributed by atoms with Crippen LogP contribution in [0.25, 0.3) is 0 Å². The van der Waals surface area contributed by atoms with E-state index >= 15 is 0 Å². The van der Waals surface area contributed by atoms with Crippen molar-refractivity contribution >= 4 is 0 Å². The van der Waals surface area contributed by atoms with Gasteiger partial charge in [0.1, 0.15) is 0 Å². The highest BCUT2D eigenvalue weighted by Crippen LogP contribution is 2.36. The minimum absolute atomic E-state index is 0.934. The van der Waals surface area contributed by atoms with Crippen molar-refractivity contribution in [3.63, 3.8) is 0 Å². The van der Waals surface area contributed by atoms with Crippen molar-refractivity contribution in [1.82, 2.24) is 10.2 Å². The van der Waals surface area contributed by atoms with Crippen LogP contribution in [0.2, 0.25) is 0 Å². The second-order valence-electron chi connectivity index (χ2n) is 6.57. The molecule has 0 aromatic rings. The van der Waals surface area contributed by atoms with E-state index in [4.69, 9.17) is 0 Å². The molecule has 98 valence electrons. The standard InChI is InChI=1S/C15H28N2/c1-2-6-15-12-17(9-7-14(15)5-1)11-13-4-3-8-16-10-13/h13-16H,1-12H2/t13-,14+,15-/m1/s1. The molecular weight excluding hydrogens is 208 g/mol. The first-order valence-electron chi connectivity index (χ1n) is 7.85. The molecule has 3 rings (SSSR count). The molecule has 0 aromatic carbocycles. The zero-order chi connectivity index (χ0) is 11.5. The molecule has 0 radical (unpaired) electrons. The molecule has 3 atom stereocenters. The highest BCUT2D eigenvalue weighted by molar-refractivity contribution is 4.85. The van der Waals surface area contributed by atoms with Gasteiger partial charge in [-0.2, -0.15) is 0 Å². The summed E-state index contributed by atoms with van der Waals surface area (Å²) < 4.78 is 0. The summed E-state index contributed by atoms with van der Waals surface area (Å²) in [5.41, 5.74) is 0. The second kappa shape index (κ2) is 5.71. The topological polar surface area (TPSA) is 15.3 Å². The Balaban J connectivity index is 1.48. The van der Waals surface area contributed by atoms with Crippen molar-refractivity contribution in [3.8, 4) is 0 Å². The predicted octanol–water partition coefficient (Wildman–Crippen LogP) is 2.50. The highest BCUT2D eigenvalue weighted by atomic mass is 15.1. The fourth-order valence-corrected chi connectivity index (χ4v) is 4.29. The number of piperidine rings is 2. The first kappa shape index (κ1) is 12.0. The molecule has 2 nitrogen and oxygen atoms in total. The monoisotopic (exact) mass is 236 g/mol. The van der Waals surface area contributed by atoms with Crippen molar-refractivity contribution in [2.75, 3.05) is 32.7 Å². The predicted molar refractivity (Wildman–Crippen MR) is 72.1 cm³/mol. The number of hydrogen-bond acceptors (Lipinski definition) is 2. The Hall–Kier alpha value is -0.0800. The molecule has 0 spiro atoms. The van der Waals surface area contributed by atoms with Crippen LogP contribution in [0.3, 0.4) is 0 Å². The quantitative estimate of drug-likeness (QED) is 0.792. The van der Waals surface area contributed by atoms with E-state index in [0.29, 0.717) is 0 Å². The molecule has 0 amide bonds. The summed E-state index contributed by atoms with van der Waals surface area (Å²) in [4.78, 5) is 2.78. The van der Waals surface area contributed by atoms with E-state index < -0.39 is 0 Å². The summed E-state index contributed by atoms with van der Waals surface area (Å²) in [6, 6.07) is 0. The zero-order valence-corrected chi connectivity index (χ0v) is 11.2. The highest BCUT2D eigenvalue weighted by Gasteiger charge is 2.31. The van der Waals surface area contributed by atoms with Crippen LogP contribution in [0, 0.1) is 17.8 Å². The van der Waals surface area contributed by atoms with Gasteiger partial charge in [0.25, 0.3) is 0 Å². The molecule has 2 saturated heterocycles. The second-order valence-corrected chi connectivity index (χ2v) is 6.57. The minimum Gasteiger partial charge on any atom is -0.316 e. The lowest BCUT2D eigenvalue weighted by Crippen LogP contribution is -2.45. The molecule has 0 unspecified atom stereocenters. The van der Waals surface area contributed by atoms with Gasteiger partial charge in [0.15, 0.2) is 0 Å². The molecule has 2 aliphatic heterocycles. The van der Waals surface area contributed by atoms with Gasteiger partial charge in [-0.1, -0.05) is 19.3 Å². The lowest BCUT2D eigenvalue weighted by molar-refractivity contribution is 0.0722. The van der Waals surface area contributed by atoms with Gasteiger partial charge < -0.3 is 10.2 Å². The maximum atomic E-state index is 3.55. The number of nitrogens with zero attached hydrogens (tertiary/aromatic N) is 1. The van der Waals surface area contributed by atoms with Gasteiger partial charge in [0.2, 0.25) is 0 Å². The van der Waals surface area contributed by atoms with Crippen LogP contribution >= 0.6 is 0 Å². The maximum Gasteiger partial charge on any atom is 0.00219 e. The van der Waals surface area contributed by atoms with Crippen molar-refractivity contribution in [2.24, 2.45) is 17.8 Å². The SMILES string of the molecule is C1CNC[C@H](CN2CC[C@@H]3CCCC[C@@H]3C2)C1. The van der Waals surface area contributed by atoms with E-state index in [0.717, 1.165) is 17.8 Å². The third kappa shape index (κ3) is 3.03. The summed E-state index contributed by atoms with van der Waals surface area (Å²) in [5, 5.41) is 3.55. The first-order chi connectivity index (χ1) is 8.42. The van der Waals surface area contributed by atoms with Crippen LogP contribution < -0.4 is 5.32 Å². The van der Waals surface area contributed by atoms with E-state index in [1.54, 1.807) is 0 Å². The minimum atomic E-state index is 0.934. The van der Waals surface area contributed by atoms with E-state index in [9.17, 15) is 0 Å². The molecule has 0 aromatic heterocycles. The molecule has 17 heavy (non-hydrogen) atoms. The Morgan fingerprint density at radius 1 is 0.941 bits per heavy atom. The molecule has 2 heterocycles. The van der Waals surface area contributed by atoms with Gasteiger partial charge in [-0.3, -0.25) is 0 Å². The molecule has 2 heteroatoms.